The van der Waals surface area contributed by atoms with Crippen LogP contribution >= 0.6 is 0 Å². The first kappa shape index (κ1) is 10.4. The van der Waals surface area contributed by atoms with Crippen molar-refractivity contribution in [2.75, 3.05) is 0 Å². The average molecular weight is 221 g/mol. The lowest BCUT2D eigenvalue weighted by atomic mass is 10.1. The van der Waals surface area contributed by atoms with Crippen LogP contribution in [0.2, 0.25) is 0 Å². The first-order valence-electron chi connectivity index (χ1n) is 4.53. The van der Waals surface area contributed by atoms with E-state index in [9.17, 15) is 14.0 Å². The second-order valence-corrected chi connectivity index (χ2v) is 3.42. The van der Waals surface area contributed by atoms with Crippen LogP contribution in [-0.2, 0) is 11.8 Å². The highest BCUT2D eigenvalue weighted by atomic mass is 19.1. The van der Waals surface area contributed by atoms with Gasteiger partial charge in [0.2, 0.25) is 0 Å². The summed E-state index contributed by atoms with van der Waals surface area (Å²) in [5.74, 6) is -3.28. The number of carbonyl (C=O) groups is 2. The third-order valence-electron chi connectivity index (χ3n) is 2.40. The van der Waals surface area contributed by atoms with Crippen LogP contribution in [0.3, 0.4) is 0 Å². The highest BCUT2D eigenvalue weighted by molar-refractivity contribution is 6.42. The molecule has 0 saturated heterocycles. The number of halogens is 1. The summed E-state index contributed by atoms with van der Waals surface area (Å²) in [6, 6.07) is 4.32. The van der Waals surface area contributed by atoms with Gasteiger partial charge in [0.05, 0.1) is 11.1 Å². The van der Waals surface area contributed by atoms with Crippen LogP contribution in [0.5, 0.6) is 0 Å². The third kappa shape index (κ3) is 1.37. The Balaban J connectivity index is 2.81. The minimum Gasteiger partial charge on any atom is -0.475 e. The number of ketones is 1. The topological polar surface area (TPSA) is 59.3 Å². The Labute approximate surface area is 89.9 Å². The van der Waals surface area contributed by atoms with E-state index >= 15 is 0 Å². The molecule has 0 aliphatic carbocycles. The maximum absolute atomic E-state index is 13.5. The van der Waals surface area contributed by atoms with Crippen molar-refractivity contribution in [1.82, 2.24) is 4.57 Å². The predicted molar refractivity (Wildman–Crippen MR) is 54.8 cm³/mol. The van der Waals surface area contributed by atoms with Crippen LogP contribution in [0.15, 0.2) is 24.4 Å². The van der Waals surface area contributed by atoms with E-state index in [1.54, 1.807) is 13.1 Å². The standard InChI is InChI=1S/C11H8FNO3/c1-13-5-6(10(14)11(15)16)9-7(12)3-2-4-8(9)13/h2-5H,1H3,(H,15,16). The van der Waals surface area contributed by atoms with Crippen LogP contribution in [0, 0.1) is 5.82 Å². The maximum Gasteiger partial charge on any atom is 0.377 e. The fourth-order valence-electron chi connectivity index (χ4n) is 1.69. The van der Waals surface area contributed by atoms with Crippen LogP contribution in [-0.4, -0.2) is 21.4 Å². The van der Waals surface area contributed by atoms with E-state index in [4.69, 9.17) is 5.11 Å². The van der Waals surface area contributed by atoms with Crippen LogP contribution in [0.4, 0.5) is 4.39 Å². The number of carboxylic acid groups (broad SMARTS) is 1. The molecular weight excluding hydrogens is 213 g/mol. The summed E-state index contributed by atoms with van der Waals surface area (Å²) in [6.45, 7) is 0. The van der Waals surface area contributed by atoms with Crippen molar-refractivity contribution >= 4 is 22.7 Å². The Morgan fingerprint density at radius 1 is 1.38 bits per heavy atom. The molecule has 2 rings (SSSR count). The molecule has 0 atom stereocenters. The fraction of sp³-hybridized carbons (Fsp3) is 0.0909. The molecule has 1 heterocycles. The third-order valence-corrected chi connectivity index (χ3v) is 2.40. The number of fused-ring (bicyclic) bond motifs is 1. The lowest BCUT2D eigenvalue weighted by Gasteiger charge is -1.96. The van der Waals surface area contributed by atoms with Gasteiger partial charge in [0, 0.05) is 18.6 Å². The van der Waals surface area contributed by atoms with Crippen molar-refractivity contribution in [2.24, 2.45) is 7.05 Å². The summed E-state index contributed by atoms with van der Waals surface area (Å²) in [7, 11) is 1.63. The highest BCUT2D eigenvalue weighted by Crippen LogP contribution is 2.23. The molecule has 0 saturated carbocycles. The summed E-state index contributed by atoms with van der Waals surface area (Å²) in [5, 5.41) is 8.67. The number of Topliss-reactive ketones (excluding diaryl/α,β-unsaturated/α-hetero) is 1. The van der Waals surface area contributed by atoms with Crippen molar-refractivity contribution in [3.05, 3.63) is 35.8 Å². The van der Waals surface area contributed by atoms with Gasteiger partial charge in [0.15, 0.2) is 0 Å². The maximum atomic E-state index is 13.5. The van der Waals surface area contributed by atoms with Crippen molar-refractivity contribution < 1.29 is 19.1 Å². The van der Waals surface area contributed by atoms with Gasteiger partial charge in [-0.3, -0.25) is 4.79 Å². The van der Waals surface area contributed by atoms with E-state index in [0.717, 1.165) is 0 Å². The summed E-state index contributed by atoms with van der Waals surface area (Å²) in [6.07, 6.45) is 1.32. The lowest BCUT2D eigenvalue weighted by Crippen LogP contribution is -2.12. The molecule has 1 N–H and O–H groups in total. The largest absolute Gasteiger partial charge is 0.475 e. The molecule has 0 aliphatic rings. The molecule has 0 unspecified atom stereocenters. The predicted octanol–water partition coefficient (Wildman–Crippen LogP) is 1.58. The molecule has 0 amide bonds. The molecule has 1 aromatic carbocycles. The summed E-state index contributed by atoms with van der Waals surface area (Å²) in [4.78, 5) is 21.9. The van der Waals surface area contributed by atoms with Gasteiger partial charge in [0.25, 0.3) is 5.78 Å². The number of benzene rings is 1. The zero-order chi connectivity index (χ0) is 11.9. The lowest BCUT2D eigenvalue weighted by molar-refractivity contribution is -0.131. The number of aliphatic carboxylic acids is 1. The van der Waals surface area contributed by atoms with Gasteiger partial charge in [-0.05, 0) is 12.1 Å². The Morgan fingerprint density at radius 2 is 2.06 bits per heavy atom. The van der Waals surface area contributed by atoms with Gasteiger partial charge in [0.1, 0.15) is 5.82 Å². The number of aromatic nitrogens is 1. The average Bonchev–Trinajstić information content (AvgIpc) is 2.57. The fourth-order valence-corrected chi connectivity index (χ4v) is 1.69. The number of aryl methyl sites for hydroxylation is 1. The van der Waals surface area contributed by atoms with Crippen LogP contribution < -0.4 is 0 Å². The van der Waals surface area contributed by atoms with E-state index in [2.05, 4.69) is 0 Å². The second kappa shape index (κ2) is 3.44. The van der Waals surface area contributed by atoms with Crippen molar-refractivity contribution in [1.29, 1.82) is 0 Å². The molecule has 82 valence electrons. The van der Waals surface area contributed by atoms with Gasteiger partial charge in [-0.1, -0.05) is 6.07 Å². The Morgan fingerprint density at radius 3 is 2.69 bits per heavy atom. The molecule has 0 aliphatic heterocycles. The number of hydrogen-bond acceptors (Lipinski definition) is 2. The number of rotatable bonds is 2. The normalized spacial score (nSPS) is 10.6. The monoisotopic (exact) mass is 221 g/mol. The molecule has 0 fully saturated rings. The number of hydrogen-bond donors (Lipinski definition) is 1. The van der Waals surface area contributed by atoms with Gasteiger partial charge in [-0.2, -0.15) is 0 Å². The first-order chi connectivity index (χ1) is 7.52. The number of nitrogens with zero attached hydrogens (tertiary/aromatic N) is 1. The molecule has 5 heteroatoms. The smallest absolute Gasteiger partial charge is 0.377 e. The second-order valence-electron chi connectivity index (χ2n) is 3.42. The quantitative estimate of drug-likeness (QED) is 0.618. The Kier molecular flexibility index (Phi) is 2.23. The first-order valence-corrected chi connectivity index (χ1v) is 4.53. The Hall–Kier alpha value is -2.17. The summed E-state index contributed by atoms with van der Waals surface area (Å²) in [5.41, 5.74) is 0.368. The Bertz CT molecular complexity index is 601. The summed E-state index contributed by atoms with van der Waals surface area (Å²) < 4.78 is 15.0. The number of carbonyl (C=O) groups excluding carboxylic acids is 1. The van der Waals surface area contributed by atoms with Crippen LogP contribution in [0.1, 0.15) is 10.4 Å². The van der Waals surface area contributed by atoms with Gasteiger partial charge >= 0.3 is 5.97 Å². The minimum absolute atomic E-state index is 0.0531. The van der Waals surface area contributed by atoms with Crippen LogP contribution in [0.25, 0.3) is 10.9 Å². The van der Waals surface area contributed by atoms with E-state index in [1.165, 1.54) is 22.9 Å². The zero-order valence-electron chi connectivity index (χ0n) is 8.40. The molecule has 4 nitrogen and oxygen atoms in total. The summed E-state index contributed by atoms with van der Waals surface area (Å²) >= 11 is 0. The molecule has 0 spiro atoms. The van der Waals surface area contributed by atoms with E-state index in [-0.39, 0.29) is 10.9 Å². The highest BCUT2D eigenvalue weighted by Gasteiger charge is 2.21. The van der Waals surface area contributed by atoms with Crippen molar-refractivity contribution in [3.8, 4) is 0 Å². The molecular formula is C11H8FNO3. The van der Waals surface area contributed by atoms with Gasteiger partial charge in [-0.25, -0.2) is 9.18 Å². The van der Waals surface area contributed by atoms with Crippen molar-refractivity contribution in [3.63, 3.8) is 0 Å². The molecule has 0 radical (unpaired) electrons. The van der Waals surface area contributed by atoms with E-state index in [0.29, 0.717) is 5.52 Å². The molecule has 0 bridgehead atoms. The van der Waals surface area contributed by atoms with E-state index < -0.39 is 17.6 Å². The SMILES string of the molecule is Cn1cc(C(=O)C(=O)O)c2c(F)cccc21. The number of carboxylic acids is 1. The minimum atomic E-state index is -1.59. The van der Waals surface area contributed by atoms with Crippen molar-refractivity contribution in [2.45, 2.75) is 0 Å². The van der Waals surface area contributed by atoms with Gasteiger partial charge < -0.3 is 9.67 Å². The van der Waals surface area contributed by atoms with Gasteiger partial charge in [-0.15, -0.1) is 0 Å². The molecule has 1 aromatic heterocycles. The zero-order valence-corrected chi connectivity index (χ0v) is 8.40. The van der Waals surface area contributed by atoms with E-state index in [1.807, 2.05) is 0 Å². The molecule has 16 heavy (non-hydrogen) atoms. The molecule has 2 aromatic rings.